The maximum atomic E-state index is 12.2. The summed E-state index contributed by atoms with van der Waals surface area (Å²) >= 11 is 0. The van der Waals surface area contributed by atoms with Gasteiger partial charge in [0.1, 0.15) is 0 Å². The summed E-state index contributed by atoms with van der Waals surface area (Å²) in [6.45, 7) is 3.68. The number of carboxylic acid groups (broad SMARTS) is 1. The molecule has 1 atom stereocenters. The van der Waals surface area contributed by atoms with Gasteiger partial charge in [-0.3, -0.25) is 9.59 Å². The third kappa shape index (κ3) is 3.70. The first kappa shape index (κ1) is 15.0. The summed E-state index contributed by atoms with van der Waals surface area (Å²) in [7, 11) is 0. The van der Waals surface area contributed by atoms with Crippen molar-refractivity contribution in [3.63, 3.8) is 0 Å². The van der Waals surface area contributed by atoms with Gasteiger partial charge in [-0.25, -0.2) is 0 Å². The summed E-state index contributed by atoms with van der Waals surface area (Å²) in [6.07, 6.45) is 4.79. The van der Waals surface area contributed by atoms with Gasteiger partial charge in [0.15, 0.2) is 0 Å². The predicted octanol–water partition coefficient (Wildman–Crippen LogP) is 1.41. The molecule has 1 fully saturated rings. The maximum absolute atomic E-state index is 12.2. The van der Waals surface area contributed by atoms with Gasteiger partial charge in [-0.1, -0.05) is 26.2 Å². The van der Waals surface area contributed by atoms with E-state index in [9.17, 15) is 9.59 Å². The number of nitrogens with two attached hydrogens (primary N) is 1. The zero-order chi connectivity index (χ0) is 13.8. The van der Waals surface area contributed by atoms with Gasteiger partial charge in [0.25, 0.3) is 0 Å². The molecular formula is C13H24N2O3. The number of hydrogen-bond donors (Lipinski definition) is 3. The Hall–Kier alpha value is -1.10. The van der Waals surface area contributed by atoms with Crippen LogP contribution in [0.4, 0.5) is 0 Å². The molecule has 0 aromatic carbocycles. The molecule has 1 rings (SSSR count). The number of amides is 1. The molecule has 1 unspecified atom stereocenters. The minimum absolute atomic E-state index is 0.0130. The topological polar surface area (TPSA) is 92.4 Å². The largest absolute Gasteiger partial charge is 0.481 e. The Kier molecular flexibility index (Phi) is 4.73. The standard InChI is InChI=1S/C13H24N2O3/c1-3-6-12(2,14)11(18)15-13(9-10(16)17)7-4-5-8-13/h3-9,14H2,1-2H3,(H,15,18)(H,16,17). The summed E-state index contributed by atoms with van der Waals surface area (Å²) in [5.41, 5.74) is 4.48. The summed E-state index contributed by atoms with van der Waals surface area (Å²) in [6, 6.07) is 0. The second kappa shape index (κ2) is 5.69. The lowest BCUT2D eigenvalue weighted by Crippen LogP contribution is -2.58. The van der Waals surface area contributed by atoms with E-state index < -0.39 is 17.0 Å². The Bertz CT molecular complexity index is 320. The molecule has 1 aliphatic rings. The van der Waals surface area contributed by atoms with Gasteiger partial charge in [0.05, 0.1) is 17.5 Å². The molecule has 1 amide bonds. The van der Waals surface area contributed by atoms with Crippen molar-refractivity contribution in [2.24, 2.45) is 5.73 Å². The van der Waals surface area contributed by atoms with E-state index in [4.69, 9.17) is 10.8 Å². The molecule has 4 N–H and O–H groups in total. The Morgan fingerprint density at radius 2 is 1.94 bits per heavy atom. The summed E-state index contributed by atoms with van der Waals surface area (Å²) < 4.78 is 0. The zero-order valence-electron chi connectivity index (χ0n) is 11.3. The van der Waals surface area contributed by atoms with Crippen LogP contribution in [0.3, 0.4) is 0 Å². The van der Waals surface area contributed by atoms with Crippen LogP contribution in [0.5, 0.6) is 0 Å². The lowest BCUT2D eigenvalue weighted by atomic mass is 9.89. The first-order valence-electron chi connectivity index (χ1n) is 6.65. The molecule has 1 aliphatic carbocycles. The van der Waals surface area contributed by atoms with Crippen LogP contribution in [0.15, 0.2) is 0 Å². The van der Waals surface area contributed by atoms with Crippen molar-refractivity contribution in [2.45, 2.75) is 69.9 Å². The fourth-order valence-electron chi connectivity index (χ4n) is 2.70. The van der Waals surface area contributed by atoms with Crippen molar-refractivity contribution in [2.75, 3.05) is 0 Å². The van der Waals surface area contributed by atoms with Crippen molar-refractivity contribution < 1.29 is 14.7 Å². The van der Waals surface area contributed by atoms with Gasteiger partial charge in [-0.15, -0.1) is 0 Å². The van der Waals surface area contributed by atoms with Crippen LogP contribution in [0.25, 0.3) is 0 Å². The van der Waals surface area contributed by atoms with Gasteiger partial charge in [0, 0.05) is 0 Å². The normalized spacial score (nSPS) is 21.3. The van der Waals surface area contributed by atoms with Crippen molar-refractivity contribution in [1.82, 2.24) is 5.32 Å². The maximum Gasteiger partial charge on any atom is 0.305 e. The highest BCUT2D eigenvalue weighted by molar-refractivity contribution is 5.86. The van der Waals surface area contributed by atoms with Gasteiger partial charge < -0.3 is 16.2 Å². The smallest absolute Gasteiger partial charge is 0.305 e. The van der Waals surface area contributed by atoms with Gasteiger partial charge in [-0.2, -0.15) is 0 Å². The SMILES string of the molecule is CCCC(C)(N)C(=O)NC1(CC(=O)O)CCCC1. The van der Waals surface area contributed by atoms with E-state index in [0.29, 0.717) is 6.42 Å². The average Bonchev–Trinajstić information content (AvgIpc) is 2.64. The molecule has 0 spiro atoms. The molecule has 0 heterocycles. The lowest BCUT2D eigenvalue weighted by molar-refractivity contribution is -0.139. The number of carbonyl (C=O) groups excluding carboxylic acids is 1. The van der Waals surface area contributed by atoms with E-state index in [2.05, 4.69) is 5.32 Å². The van der Waals surface area contributed by atoms with Crippen molar-refractivity contribution in [1.29, 1.82) is 0 Å². The van der Waals surface area contributed by atoms with E-state index in [-0.39, 0.29) is 12.3 Å². The number of aliphatic carboxylic acids is 1. The Morgan fingerprint density at radius 1 is 1.39 bits per heavy atom. The minimum Gasteiger partial charge on any atom is -0.481 e. The van der Waals surface area contributed by atoms with Gasteiger partial charge in [-0.05, 0) is 26.2 Å². The lowest BCUT2D eigenvalue weighted by Gasteiger charge is -2.33. The van der Waals surface area contributed by atoms with E-state index >= 15 is 0 Å². The average molecular weight is 256 g/mol. The Balaban J connectivity index is 2.72. The highest BCUT2D eigenvalue weighted by atomic mass is 16.4. The van der Waals surface area contributed by atoms with Crippen LogP contribution < -0.4 is 11.1 Å². The van der Waals surface area contributed by atoms with E-state index in [1.54, 1.807) is 6.92 Å². The fraction of sp³-hybridized carbons (Fsp3) is 0.846. The second-order valence-corrected chi connectivity index (χ2v) is 5.68. The minimum atomic E-state index is -0.914. The molecule has 0 aliphatic heterocycles. The third-order valence-corrected chi connectivity index (χ3v) is 3.72. The van der Waals surface area contributed by atoms with Crippen LogP contribution in [0, 0.1) is 0 Å². The fourth-order valence-corrected chi connectivity index (χ4v) is 2.70. The molecule has 5 heteroatoms. The number of carbonyl (C=O) groups is 2. The summed E-state index contributed by atoms with van der Waals surface area (Å²) in [5.74, 6) is -1.10. The predicted molar refractivity (Wildman–Crippen MR) is 69.1 cm³/mol. The number of hydrogen-bond acceptors (Lipinski definition) is 3. The molecule has 0 aromatic heterocycles. The first-order chi connectivity index (χ1) is 8.31. The second-order valence-electron chi connectivity index (χ2n) is 5.68. The molecular weight excluding hydrogens is 232 g/mol. The molecule has 0 saturated heterocycles. The molecule has 104 valence electrons. The van der Waals surface area contributed by atoms with Crippen molar-refractivity contribution in [3.05, 3.63) is 0 Å². The van der Waals surface area contributed by atoms with E-state index in [0.717, 1.165) is 32.1 Å². The quantitative estimate of drug-likeness (QED) is 0.670. The van der Waals surface area contributed by atoms with Crippen LogP contribution in [0.2, 0.25) is 0 Å². The molecule has 18 heavy (non-hydrogen) atoms. The van der Waals surface area contributed by atoms with Crippen molar-refractivity contribution >= 4 is 11.9 Å². The number of nitrogens with one attached hydrogen (secondary N) is 1. The first-order valence-corrected chi connectivity index (χ1v) is 6.65. The van der Waals surface area contributed by atoms with Crippen LogP contribution in [-0.4, -0.2) is 28.1 Å². The van der Waals surface area contributed by atoms with E-state index in [1.807, 2.05) is 6.92 Å². The van der Waals surface area contributed by atoms with Crippen LogP contribution >= 0.6 is 0 Å². The molecule has 1 saturated carbocycles. The zero-order valence-corrected chi connectivity index (χ0v) is 11.3. The van der Waals surface area contributed by atoms with Gasteiger partial charge >= 0.3 is 5.97 Å². The summed E-state index contributed by atoms with van der Waals surface area (Å²) in [4.78, 5) is 23.1. The Labute approximate surface area is 108 Å². The number of rotatable bonds is 6. The molecule has 0 radical (unpaired) electrons. The monoisotopic (exact) mass is 256 g/mol. The Morgan fingerprint density at radius 3 is 2.39 bits per heavy atom. The molecule has 5 nitrogen and oxygen atoms in total. The highest BCUT2D eigenvalue weighted by Crippen LogP contribution is 2.33. The van der Waals surface area contributed by atoms with Gasteiger partial charge in [0.2, 0.25) is 5.91 Å². The summed E-state index contributed by atoms with van der Waals surface area (Å²) in [5, 5.41) is 11.9. The third-order valence-electron chi connectivity index (χ3n) is 3.72. The van der Waals surface area contributed by atoms with Crippen molar-refractivity contribution in [3.8, 4) is 0 Å². The van der Waals surface area contributed by atoms with Crippen LogP contribution in [0.1, 0.15) is 58.8 Å². The van der Waals surface area contributed by atoms with E-state index in [1.165, 1.54) is 0 Å². The molecule has 0 aromatic rings. The number of carboxylic acids is 1. The molecule has 0 bridgehead atoms. The highest BCUT2D eigenvalue weighted by Gasteiger charge is 2.40. The van der Waals surface area contributed by atoms with Crippen LogP contribution in [-0.2, 0) is 9.59 Å².